The highest BCUT2D eigenvalue weighted by molar-refractivity contribution is 5.97. The lowest BCUT2D eigenvalue weighted by Crippen LogP contribution is -2.69. The standard InChI is InChI=1S/C59H65N3O14/c1-26-28(3)55(6)44-27(2)51-59(74-51)56(7,57(8,69)53(68)76-59)46(44)48(66)45(55)42-43(26)54(5)29(4)49-40(72-49)23-37(54)47(65)50(42)73-41(64)15-11-12-20-62-24-30(60-61-62)25-70-32-17-19-36-39(22-32)71-38-21-31(63)16-18-35(38)58(36)34-14-10-9-13-33(34)52(67)75-58/h9-10,13-14,16-19,21-22,24,26-29,37,40,42-46,48-51,63,66,69H,11-12,15,20,23,25H2,1-8H3/t26-,27+,28+,29+,37-,40+,42-,43+,44+,45-,46+,48-,49-,50-,51-,54+,55-,56+,57-,58?,59+/m1/s1. The van der Waals surface area contributed by atoms with Crippen LogP contribution in [0.25, 0.3) is 0 Å². The van der Waals surface area contributed by atoms with Crippen molar-refractivity contribution < 1.29 is 67.7 Å². The summed E-state index contributed by atoms with van der Waals surface area (Å²) in [7, 11) is 0. The van der Waals surface area contributed by atoms with Crippen LogP contribution >= 0.6 is 0 Å². The molecule has 3 N–H and O–H groups in total. The Morgan fingerprint density at radius 3 is 2.38 bits per heavy atom. The molecule has 17 heteroatoms. The van der Waals surface area contributed by atoms with Crippen LogP contribution in [0.15, 0.2) is 66.9 Å². The number of carbonyl (C=O) groups is 4. The molecule has 10 aliphatic rings. The number of benzene rings is 3. The van der Waals surface area contributed by atoms with Gasteiger partial charge in [-0.1, -0.05) is 65.0 Å². The Hall–Kier alpha value is -5.88. The van der Waals surface area contributed by atoms with E-state index in [0.717, 1.165) is 0 Å². The molecule has 3 aromatic carbocycles. The van der Waals surface area contributed by atoms with E-state index >= 15 is 4.79 Å². The van der Waals surface area contributed by atoms with Crippen LogP contribution in [0, 0.1) is 75.4 Å². The van der Waals surface area contributed by atoms with Gasteiger partial charge in [0.25, 0.3) is 0 Å². The van der Waals surface area contributed by atoms with E-state index < -0.39 is 93.1 Å². The first-order chi connectivity index (χ1) is 36.1. The summed E-state index contributed by atoms with van der Waals surface area (Å²) >= 11 is 0. The molecule has 5 saturated carbocycles. The van der Waals surface area contributed by atoms with E-state index in [9.17, 15) is 29.7 Å². The van der Waals surface area contributed by atoms with Crippen LogP contribution in [0.3, 0.4) is 0 Å². The summed E-state index contributed by atoms with van der Waals surface area (Å²) in [5.41, 5.74) is -2.70. The van der Waals surface area contributed by atoms with Crippen LogP contribution < -0.4 is 9.47 Å². The van der Waals surface area contributed by atoms with E-state index in [1.807, 2.05) is 25.1 Å². The number of ketones is 1. The van der Waals surface area contributed by atoms with Crippen LogP contribution in [0.1, 0.15) is 114 Å². The normalized spacial score (nSPS) is 45.0. The van der Waals surface area contributed by atoms with Crippen LogP contribution in [0.5, 0.6) is 23.0 Å². The molecule has 76 heavy (non-hydrogen) atoms. The summed E-state index contributed by atoms with van der Waals surface area (Å²) in [6.45, 7) is 17.2. The summed E-state index contributed by atoms with van der Waals surface area (Å²) < 4.78 is 45.5. The number of aliphatic hydroxyl groups excluding tert-OH is 1. The van der Waals surface area contributed by atoms with Gasteiger partial charge >= 0.3 is 17.9 Å². The Kier molecular flexibility index (Phi) is 9.99. The van der Waals surface area contributed by atoms with Crippen LogP contribution in [0.4, 0.5) is 0 Å². The zero-order valence-electron chi connectivity index (χ0n) is 43.9. The number of phenolic OH excluding ortho intramolecular Hbond substituents is 1. The topological polar surface area (TPSA) is 231 Å². The van der Waals surface area contributed by atoms with Gasteiger partial charge in [0.1, 0.15) is 41.4 Å². The van der Waals surface area contributed by atoms with Crippen molar-refractivity contribution in [1.29, 1.82) is 0 Å². The first kappa shape index (κ1) is 48.5. The number of epoxide rings is 2. The van der Waals surface area contributed by atoms with Gasteiger partial charge in [0.15, 0.2) is 23.1 Å². The minimum atomic E-state index is -1.94. The number of carbonyl (C=O) groups excluding carboxylic acids is 4. The molecular weight excluding hydrogens is 975 g/mol. The molecular formula is C59H65N3O14. The van der Waals surface area contributed by atoms with E-state index in [1.54, 1.807) is 47.3 Å². The summed E-state index contributed by atoms with van der Waals surface area (Å²) in [4.78, 5) is 56.4. The van der Waals surface area contributed by atoms with Gasteiger partial charge in [-0.15, -0.1) is 5.10 Å². The van der Waals surface area contributed by atoms with E-state index in [4.69, 9.17) is 33.2 Å². The summed E-state index contributed by atoms with van der Waals surface area (Å²) in [5, 5.41) is 44.4. The van der Waals surface area contributed by atoms with Crippen LogP contribution in [0.2, 0.25) is 0 Å². The summed E-state index contributed by atoms with van der Waals surface area (Å²) in [5.74, 6) is -4.27. The van der Waals surface area contributed by atoms with E-state index in [2.05, 4.69) is 51.9 Å². The van der Waals surface area contributed by atoms with Gasteiger partial charge in [-0.3, -0.25) is 14.3 Å². The number of rotatable bonds is 9. The van der Waals surface area contributed by atoms with Crippen molar-refractivity contribution in [2.75, 3.05) is 0 Å². The van der Waals surface area contributed by atoms with Gasteiger partial charge in [0, 0.05) is 59.5 Å². The Balaban J connectivity index is 0.675. The number of unbranched alkanes of at least 4 members (excludes halogenated alkanes) is 1. The smallest absolute Gasteiger partial charge is 0.341 e. The van der Waals surface area contributed by atoms with E-state index in [-0.39, 0.29) is 72.3 Å². The second kappa shape index (κ2) is 15.7. The lowest BCUT2D eigenvalue weighted by molar-refractivity contribution is -0.226. The molecule has 0 amide bonds. The molecule has 4 aromatic rings. The third kappa shape index (κ3) is 5.85. The predicted molar refractivity (Wildman–Crippen MR) is 265 cm³/mol. The predicted octanol–water partition coefficient (Wildman–Crippen LogP) is 7.03. The van der Waals surface area contributed by atoms with Gasteiger partial charge in [0.05, 0.1) is 35.5 Å². The Morgan fingerprint density at radius 1 is 0.842 bits per heavy atom. The maximum atomic E-state index is 15.4. The number of ether oxygens (including phenoxy) is 7. The average molecular weight is 1040 g/mol. The van der Waals surface area contributed by atoms with Crippen molar-refractivity contribution in [2.24, 2.45) is 75.4 Å². The van der Waals surface area contributed by atoms with Crippen molar-refractivity contribution in [1.82, 2.24) is 15.0 Å². The molecule has 1 aromatic heterocycles. The molecule has 3 saturated heterocycles. The molecule has 400 valence electrons. The van der Waals surface area contributed by atoms with Crippen molar-refractivity contribution in [2.45, 2.75) is 142 Å². The van der Waals surface area contributed by atoms with Gasteiger partial charge in [-0.2, -0.15) is 0 Å². The largest absolute Gasteiger partial charge is 0.508 e. The molecule has 0 radical (unpaired) electrons. The molecule has 6 heterocycles. The second-order valence-corrected chi connectivity index (χ2v) is 25.1. The fourth-order valence-electron chi connectivity index (χ4n) is 18.4. The number of aryl methyl sites for hydroxylation is 1. The number of nitrogens with zero attached hydrogens (tertiary/aromatic N) is 3. The lowest BCUT2D eigenvalue weighted by Gasteiger charge is -2.66. The first-order valence-corrected chi connectivity index (χ1v) is 27.4. The number of Topliss-reactive ketones (excluding diaryl/α,β-unsaturated/α-hetero) is 1. The number of esters is 3. The quantitative estimate of drug-likeness (QED) is 0.0661. The lowest BCUT2D eigenvalue weighted by atomic mass is 9.37. The number of aromatic hydroxyl groups is 1. The minimum Gasteiger partial charge on any atom is -0.508 e. The number of phenols is 1. The highest BCUT2D eigenvalue weighted by Gasteiger charge is 2.92. The van der Waals surface area contributed by atoms with E-state index in [0.29, 0.717) is 71.0 Å². The number of hydrogen-bond donors (Lipinski definition) is 3. The Bertz CT molecular complexity index is 3190. The SMILES string of the molecule is C[C@H]1[C@H]2[C@@H]([C@H](O)[C@H]3[C@H]4[C@H]([C@H](C)[C@H](C)[C@@]32C)[C@]2(C)[C@H](C[C@@H]3O[C@@H]3[C@@H]2C)C(=O)[C@@H]4OC(=O)CCCCn2cc(COc3ccc4c(c3)Oc3cc(O)ccc3C43OC(=O)c4ccccc43)nn2)[C@]2(C)[C@]3(OC(=O)[C@@]2(C)O)O[C@H]13. The molecule has 21 atom stereocenters. The zero-order valence-corrected chi connectivity index (χ0v) is 43.9. The van der Waals surface area contributed by atoms with Gasteiger partial charge < -0.3 is 48.5 Å². The van der Waals surface area contributed by atoms with Crippen molar-refractivity contribution >= 4 is 23.7 Å². The molecule has 5 aliphatic heterocycles. The molecule has 8 fully saturated rings. The molecule has 14 rings (SSSR count). The van der Waals surface area contributed by atoms with Gasteiger partial charge in [0.2, 0.25) is 5.79 Å². The first-order valence-electron chi connectivity index (χ1n) is 27.4. The summed E-state index contributed by atoms with van der Waals surface area (Å²) in [6, 6.07) is 17.3. The van der Waals surface area contributed by atoms with Crippen molar-refractivity contribution in [3.05, 3.63) is 94.8 Å². The Morgan fingerprint density at radius 2 is 1.59 bits per heavy atom. The van der Waals surface area contributed by atoms with Crippen molar-refractivity contribution in [3.63, 3.8) is 0 Å². The van der Waals surface area contributed by atoms with E-state index in [1.165, 1.54) is 13.0 Å². The molecule has 5 aliphatic carbocycles. The van der Waals surface area contributed by atoms with Gasteiger partial charge in [-0.25, -0.2) is 9.59 Å². The number of fused-ring (bicyclic) bond motifs is 15. The van der Waals surface area contributed by atoms with Crippen LogP contribution in [-0.2, 0) is 56.8 Å². The summed E-state index contributed by atoms with van der Waals surface area (Å²) in [6.07, 6.45) is 0.850. The Labute approximate surface area is 439 Å². The fourth-order valence-corrected chi connectivity index (χ4v) is 18.4. The zero-order chi connectivity index (χ0) is 53.1. The number of aliphatic hydroxyl groups is 2. The molecule has 0 bridgehead atoms. The molecule has 2 spiro atoms. The average Bonchev–Trinajstić information content (AvgIpc) is 2.40. The third-order valence-corrected chi connectivity index (χ3v) is 22.4. The number of aromatic nitrogens is 3. The van der Waals surface area contributed by atoms with Crippen LogP contribution in [-0.4, -0.2) is 95.9 Å². The van der Waals surface area contributed by atoms with Crippen molar-refractivity contribution in [3.8, 4) is 23.0 Å². The maximum absolute atomic E-state index is 15.4. The molecule has 1 unspecified atom stereocenters. The maximum Gasteiger partial charge on any atom is 0.341 e. The monoisotopic (exact) mass is 1040 g/mol. The highest BCUT2D eigenvalue weighted by atomic mass is 16.8. The highest BCUT2D eigenvalue weighted by Crippen LogP contribution is 2.82. The molecule has 17 nitrogen and oxygen atoms in total. The van der Waals surface area contributed by atoms with Gasteiger partial charge in [-0.05, 0) is 116 Å². The fraction of sp³-hybridized carbons (Fsp3) is 0.593. The number of hydrogen-bond acceptors (Lipinski definition) is 16. The minimum absolute atomic E-state index is 0.00116. The third-order valence-electron chi connectivity index (χ3n) is 22.4. The second-order valence-electron chi connectivity index (χ2n) is 25.1.